The summed E-state index contributed by atoms with van der Waals surface area (Å²) < 4.78 is 76.8. The molecule has 1 saturated heterocycles. The van der Waals surface area contributed by atoms with E-state index in [4.69, 9.17) is 0 Å². The van der Waals surface area contributed by atoms with Crippen molar-refractivity contribution < 1.29 is 35.9 Å². The first-order valence-corrected chi connectivity index (χ1v) is 11.9. The van der Waals surface area contributed by atoms with Crippen molar-refractivity contribution in [3.63, 3.8) is 0 Å². The molecule has 35 heavy (non-hydrogen) atoms. The summed E-state index contributed by atoms with van der Waals surface area (Å²) in [5.74, 6) is -2.83. The van der Waals surface area contributed by atoms with Crippen LogP contribution < -0.4 is 10.9 Å². The summed E-state index contributed by atoms with van der Waals surface area (Å²) in [5.41, 5.74) is -2.45. The maximum Gasteiger partial charge on any atom is 0.416 e. The van der Waals surface area contributed by atoms with Crippen molar-refractivity contribution in [3.05, 3.63) is 81.9 Å². The van der Waals surface area contributed by atoms with E-state index in [9.17, 15) is 40.7 Å². The van der Waals surface area contributed by atoms with Gasteiger partial charge in [0.1, 0.15) is 11.4 Å². The van der Waals surface area contributed by atoms with Crippen molar-refractivity contribution in [2.24, 2.45) is 0 Å². The Balaban J connectivity index is 1.80. The van der Waals surface area contributed by atoms with Gasteiger partial charge in [-0.1, -0.05) is 18.2 Å². The number of benzene rings is 2. The highest BCUT2D eigenvalue weighted by Crippen LogP contribution is 2.30. The van der Waals surface area contributed by atoms with Crippen LogP contribution in [0, 0.1) is 5.82 Å². The highest BCUT2D eigenvalue weighted by Gasteiger charge is 2.38. The Morgan fingerprint density at radius 3 is 2.34 bits per heavy atom. The third-order valence-electron chi connectivity index (χ3n) is 5.36. The second-order valence-corrected chi connectivity index (χ2v) is 10.1. The maximum absolute atomic E-state index is 13.8. The van der Waals surface area contributed by atoms with Gasteiger partial charge >= 0.3 is 6.18 Å². The minimum atomic E-state index is -4.58. The summed E-state index contributed by atoms with van der Waals surface area (Å²) in [4.78, 5) is 26.0. The highest BCUT2D eigenvalue weighted by atomic mass is 32.2. The van der Waals surface area contributed by atoms with Gasteiger partial charge in [0.05, 0.1) is 40.6 Å². The van der Waals surface area contributed by atoms with Crippen LogP contribution in [0.15, 0.2) is 59.4 Å². The van der Waals surface area contributed by atoms with Gasteiger partial charge in [0.25, 0.3) is 11.5 Å². The number of rotatable bonds is 4. The molecule has 184 valence electrons. The van der Waals surface area contributed by atoms with E-state index in [1.165, 1.54) is 12.1 Å². The van der Waals surface area contributed by atoms with Crippen molar-refractivity contribution >= 4 is 15.7 Å². The molecule has 0 spiro atoms. The summed E-state index contributed by atoms with van der Waals surface area (Å²) in [5, 5.41) is 16.4. The molecule has 0 radical (unpaired) electrons. The third kappa shape index (κ3) is 5.25. The molecule has 3 aromatic rings. The monoisotopic (exact) mass is 511 g/mol. The summed E-state index contributed by atoms with van der Waals surface area (Å²) in [6, 6.07) is 8.38. The first-order chi connectivity index (χ1) is 16.3. The van der Waals surface area contributed by atoms with Gasteiger partial charge in [0.15, 0.2) is 9.84 Å². The number of hydrogen-bond donors (Lipinski definition) is 2. The molecule has 13 heteroatoms. The average molecular weight is 511 g/mol. The number of nitrogens with one attached hydrogen (secondary N) is 1. The number of halogens is 4. The number of aromatic nitrogens is 2. The van der Waals surface area contributed by atoms with Crippen molar-refractivity contribution in [3.8, 4) is 16.9 Å². The van der Waals surface area contributed by atoms with Crippen LogP contribution in [-0.4, -0.2) is 52.9 Å². The largest absolute Gasteiger partial charge is 0.416 e. The Morgan fingerprint density at radius 1 is 1.09 bits per heavy atom. The van der Waals surface area contributed by atoms with Gasteiger partial charge in [-0.25, -0.2) is 12.8 Å². The molecule has 0 saturated carbocycles. The number of sulfone groups is 1. The lowest BCUT2D eigenvalue weighted by Crippen LogP contribution is -2.44. The molecule has 0 unspecified atom stereocenters. The molecule has 8 nitrogen and oxygen atoms in total. The quantitative estimate of drug-likeness (QED) is 0.517. The Labute approximate surface area is 195 Å². The van der Waals surface area contributed by atoms with E-state index in [0.29, 0.717) is 4.68 Å². The lowest BCUT2D eigenvalue weighted by molar-refractivity contribution is -0.137. The molecule has 1 aromatic heterocycles. The fraction of sp³-hybridized carbons (Fsp3) is 0.227. The SMILES string of the molecule is O=C(N[C@H]1CS(=O)(=O)C[C@H]1O)c1cc(-c2ccc(C(F)(F)F)cc2)nn(-c2cccc(F)c2)c1=O. The maximum atomic E-state index is 13.8. The Bertz CT molecular complexity index is 1450. The van der Waals surface area contributed by atoms with Crippen LogP contribution in [0.2, 0.25) is 0 Å². The first-order valence-electron chi connectivity index (χ1n) is 10.1. The number of hydrogen-bond acceptors (Lipinski definition) is 6. The minimum absolute atomic E-state index is 0.0544. The lowest BCUT2D eigenvalue weighted by Gasteiger charge is -2.16. The number of carbonyl (C=O) groups is 1. The summed E-state index contributed by atoms with van der Waals surface area (Å²) >= 11 is 0. The molecule has 4 rings (SSSR count). The molecular weight excluding hydrogens is 494 g/mol. The molecule has 2 atom stereocenters. The standard InChI is InChI=1S/C22H17F4N3O5S/c23-14-2-1-3-15(8-14)29-21(32)16(20(31)27-18-10-35(33,34)11-19(18)30)9-17(28-29)12-4-6-13(7-5-12)22(24,25)26/h1-9,18-19,30H,10-11H2,(H,27,31)/t18-,19+/m0/s1. The molecule has 0 bridgehead atoms. The molecule has 1 aliphatic heterocycles. The molecule has 1 amide bonds. The minimum Gasteiger partial charge on any atom is -0.390 e. The number of nitrogens with zero attached hydrogens (tertiary/aromatic N) is 2. The van der Waals surface area contributed by atoms with Crippen LogP contribution in [-0.2, 0) is 16.0 Å². The number of aliphatic hydroxyl groups is 1. The van der Waals surface area contributed by atoms with Crippen LogP contribution in [0.3, 0.4) is 0 Å². The predicted octanol–water partition coefficient (Wildman–Crippen LogP) is 1.95. The fourth-order valence-electron chi connectivity index (χ4n) is 3.62. The second kappa shape index (κ2) is 8.89. The van der Waals surface area contributed by atoms with Crippen LogP contribution in [0.1, 0.15) is 15.9 Å². The zero-order chi connectivity index (χ0) is 25.5. The summed E-state index contributed by atoms with van der Waals surface area (Å²) in [7, 11) is -3.60. The molecule has 2 aromatic carbocycles. The second-order valence-electron chi connectivity index (χ2n) is 7.94. The molecule has 2 N–H and O–H groups in total. The normalized spacial score (nSPS) is 19.5. The van der Waals surface area contributed by atoms with Gasteiger partial charge in [-0.05, 0) is 36.4 Å². The number of alkyl halides is 3. The topological polar surface area (TPSA) is 118 Å². The van der Waals surface area contributed by atoms with Gasteiger partial charge in [0.2, 0.25) is 0 Å². The first kappa shape index (κ1) is 24.5. The van der Waals surface area contributed by atoms with Crippen LogP contribution in [0.25, 0.3) is 16.9 Å². The number of carbonyl (C=O) groups excluding carboxylic acids is 1. The van der Waals surface area contributed by atoms with E-state index < -0.39 is 68.1 Å². The zero-order valence-corrected chi connectivity index (χ0v) is 18.5. The van der Waals surface area contributed by atoms with E-state index in [1.807, 2.05) is 0 Å². The Morgan fingerprint density at radius 2 is 1.77 bits per heavy atom. The predicted molar refractivity (Wildman–Crippen MR) is 116 cm³/mol. The fourth-order valence-corrected chi connectivity index (χ4v) is 5.37. The Kier molecular flexibility index (Phi) is 6.23. The van der Waals surface area contributed by atoms with Crippen molar-refractivity contribution in [2.45, 2.75) is 18.3 Å². The molecule has 0 aliphatic carbocycles. The molecule has 2 heterocycles. The van der Waals surface area contributed by atoms with Crippen molar-refractivity contribution in [1.82, 2.24) is 15.1 Å². The summed E-state index contributed by atoms with van der Waals surface area (Å²) in [6.07, 6.45) is -5.97. The highest BCUT2D eigenvalue weighted by molar-refractivity contribution is 7.91. The number of amides is 1. The van der Waals surface area contributed by atoms with Gasteiger partial charge < -0.3 is 10.4 Å². The van der Waals surface area contributed by atoms with E-state index in [2.05, 4.69) is 10.4 Å². The zero-order valence-electron chi connectivity index (χ0n) is 17.7. The van der Waals surface area contributed by atoms with E-state index >= 15 is 0 Å². The van der Waals surface area contributed by atoms with Gasteiger partial charge in [0, 0.05) is 5.56 Å². The van der Waals surface area contributed by atoms with Crippen LogP contribution in [0.5, 0.6) is 0 Å². The lowest BCUT2D eigenvalue weighted by atomic mass is 10.1. The average Bonchev–Trinajstić information content (AvgIpc) is 3.04. The smallest absolute Gasteiger partial charge is 0.390 e. The summed E-state index contributed by atoms with van der Waals surface area (Å²) in [6.45, 7) is 0. The van der Waals surface area contributed by atoms with Gasteiger partial charge in [-0.15, -0.1) is 0 Å². The van der Waals surface area contributed by atoms with Crippen LogP contribution >= 0.6 is 0 Å². The third-order valence-corrected chi connectivity index (χ3v) is 7.07. The molecular formula is C22H17F4N3O5S. The van der Waals surface area contributed by atoms with E-state index in [1.54, 1.807) is 0 Å². The van der Waals surface area contributed by atoms with Gasteiger partial charge in [-0.2, -0.15) is 23.0 Å². The van der Waals surface area contributed by atoms with Crippen LogP contribution in [0.4, 0.5) is 17.6 Å². The number of aliphatic hydroxyl groups excluding tert-OH is 1. The molecule has 1 aliphatic rings. The molecule has 1 fully saturated rings. The van der Waals surface area contributed by atoms with Crippen molar-refractivity contribution in [2.75, 3.05) is 11.5 Å². The van der Waals surface area contributed by atoms with E-state index in [0.717, 1.165) is 42.5 Å². The Hall–Kier alpha value is -3.58. The van der Waals surface area contributed by atoms with E-state index in [-0.39, 0.29) is 16.9 Å². The van der Waals surface area contributed by atoms with Crippen molar-refractivity contribution in [1.29, 1.82) is 0 Å². The van der Waals surface area contributed by atoms with Gasteiger partial charge in [-0.3, -0.25) is 9.59 Å².